The van der Waals surface area contributed by atoms with Crippen LogP contribution in [0.15, 0.2) is 53.9 Å². The number of rotatable bonds is 8. The molecule has 1 aromatic carbocycles. The molecule has 4 N–H and O–H groups in total. The van der Waals surface area contributed by atoms with Crippen LogP contribution >= 0.6 is 11.8 Å². The Balaban J connectivity index is 1.71. The van der Waals surface area contributed by atoms with Crippen molar-refractivity contribution in [3.05, 3.63) is 71.7 Å². The molecule has 0 amide bonds. The van der Waals surface area contributed by atoms with E-state index in [0.717, 1.165) is 6.07 Å². The van der Waals surface area contributed by atoms with Gasteiger partial charge in [0.25, 0.3) is 0 Å². The number of nitrogens with two attached hydrogens (primary N) is 2. The molecule has 4 aromatic rings. The predicted molar refractivity (Wildman–Crippen MR) is 139 cm³/mol. The summed E-state index contributed by atoms with van der Waals surface area (Å²) in [5, 5.41) is 0.482. The van der Waals surface area contributed by atoms with Crippen molar-refractivity contribution in [1.82, 2.24) is 19.9 Å². The zero-order valence-corrected chi connectivity index (χ0v) is 21.1. The third-order valence-corrected chi connectivity index (χ3v) is 5.85. The average molecular weight is 523 g/mol. The highest BCUT2D eigenvalue weighted by molar-refractivity contribution is 7.98. The second-order valence-electron chi connectivity index (χ2n) is 8.33. The zero-order chi connectivity index (χ0) is 26.7. The number of nitrogen functional groups attached to an aromatic ring is 2. The van der Waals surface area contributed by atoms with Crippen molar-refractivity contribution in [3.8, 4) is 28.3 Å². The molecule has 0 saturated heterocycles. The summed E-state index contributed by atoms with van der Waals surface area (Å²) in [4.78, 5) is 30.3. The highest BCUT2D eigenvalue weighted by atomic mass is 32.2. The first-order valence-electron chi connectivity index (χ1n) is 11.2. The number of halogens is 2. The predicted octanol–water partition coefficient (Wildman–Crippen LogP) is 4.98. The van der Waals surface area contributed by atoms with Crippen molar-refractivity contribution in [2.24, 2.45) is 0 Å². The molecule has 190 valence electrons. The minimum absolute atomic E-state index is 0.0746. The zero-order valence-electron chi connectivity index (χ0n) is 20.3. The standard InChI is InChI=1S/C26H24F2N6O2S/c1-13(2)36-21-7-4-16(27)23(24(21)28)18-6-5-17(29)25(32-18)20(35)10-14-12-31-9-8-15(14)19-11-22(30)34-26(33-19)37-3/h4-9,11-13H,10,29H2,1-3H3,(H2,30,33,34). The molecular weight excluding hydrogens is 498 g/mol. The van der Waals surface area contributed by atoms with Crippen LogP contribution in [0.3, 0.4) is 0 Å². The molecule has 4 rings (SSSR count). The maximum absolute atomic E-state index is 15.1. The van der Waals surface area contributed by atoms with Crippen molar-refractivity contribution >= 4 is 29.1 Å². The van der Waals surface area contributed by atoms with Crippen LogP contribution < -0.4 is 16.2 Å². The Labute approximate surface area is 216 Å². The molecule has 0 radical (unpaired) electrons. The van der Waals surface area contributed by atoms with Gasteiger partial charge in [-0.2, -0.15) is 0 Å². The average Bonchev–Trinajstić information content (AvgIpc) is 2.86. The Bertz CT molecular complexity index is 1480. The summed E-state index contributed by atoms with van der Waals surface area (Å²) in [5.41, 5.74) is 13.2. The van der Waals surface area contributed by atoms with Crippen molar-refractivity contribution < 1.29 is 18.3 Å². The van der Waals surface area contributed by atoms with Gasteiger partial charge in [0.1, 0.15) is 17.3 Å². The number of carbonyl (C=O) groups excluding carboxylic acids is 1. The maximum Gasteiger partial charge on any atom is 0.189 e. The molecule has 0 bridgehead atoms. The van der Waals surface area contributed by atoms with Gasteiger partial charge in [0.2, 0.25) is 0 Å². The van der Waals surface area contributed by atoms with E-state index in [0.29, 0.717) is 22.0 Å². The fourth-order valence-electron chi connectivity index (χ4n) is 3.69. The molecule has 0 spiro atoms. The Kier molecular flexibility index (Phi) is 7.63. The Morgan fingerprint density at radius 2 is 1.84 bits per heavy atom. The molecule has 0 aliphatic rings. The van der Waals surface area contributed by atoms with E-state index in [1.807, 2.05) is 6.26 Å². The third kappa shape index (κ3) is 5.67. The summed E-state index contributed by atoms with van der Waals surface area (Å²) in [6.07, 6.45) is 4.48. The quantitative estimate of drug-likeness (QED) is 0.187. The molecular formula is C26H24F2N6O2S. The Morgan fingerprint density at radius 1 is 1.05 bits per heavy atom. The Hall–Kier alpha value is -4.12. The van der Waals surface area contributed by atoms with E-state index < -0.39 is 23.0 Å². The van der Waals surface area contributed by atoms with Crippen molar-refractivity contribution in [1.29, 1.82) is 0 Å². The third-order valence-electron chi connectivity index (χ3n) is 5.30. The summed E-state index contributed by atoms with van der Waals surface area (Å²) >= 11 is 1.33. The number of anilines is 2. The highest BCUT2D eigenvalue weighted by Gasteiger charge is 2.22. The molecule has 3 heterocycles. The normalized spacial score (nSPS) is 11.1. The molecule has 0 atom stereocenters. The number of nitrogens with zero attached hydrogens (tertiary/aromatic N) is 4. The van der Waals surface area contributed by atoms with Gasteiger partial charge in [-0.25, -0.2) is 23.7 Å². The molecule has 3 aromatic heterocycles. The lowest BCUT2D eigenvalue weighted by Crippen LogP contribution is -2.12. The lowest BCUT2D eigenvalue weighted by atomic mass is 9.99. The number of hydrogen-bond donors (Lipinski definition) is 2. The van der Waals surface area contributed by atoms with Crippen molar-refractivity contribution in [3.63, 3.8) is 0 Å². The first kappa shape index (κ1) is 26.0. The fourth-order valence-corrected chi connectivity index (χ4v) is 4.08. The van der Waals surface area contributed by atoms with Gasteiger partial charge in [-0.15, -0.1) is 0 Å². The summed E-state index contributed by atoms with van der Waals surface area (Å²) in [6.45, 7) is 3.45. The monoisotopic (exact) mass is 522 g/mol. The van der Waals surface area contributed by atoms with E-state index in [9.17, 15) is 9.18 Å². The maximum atomic E-state index is 15.1. The SMILES string of the molecule is CSc1nc(N)cc(-c2ccncc2CC(=O)c2nc(-c3c(F)ccc(OC(C)C)c3F)ccc2N)n1. The molecule has 11 heteroatoms. The molecule has 37 heavy (non-hydrogen) atoms. The largest absolute Gasteiger partial charge is 0.488 e. The molecule has 0 unspecified atom stereocenters. The first-order valence-corrected chi connectivity index (χ1v) is 12.5. The minimum atomic E-state index is -0.912. The van der Waals surface area contributed by atoms with E-state index in [2.05, 4.69) is 19.9 Å². The number of benzene rings is 1. The van der Waals surface area contributed by atoms with Gasteiger partial charge in [0.05, 0.1) is 28.7 Å². The van der Waals surface area contributed by atoms with Gasteiger partial charge in [-0.05, 0) is 56.0 Å². The topological polar surface area (TPSA) is 130 Å². The Morgan fingerprint density at radius 3 is 2.57 bits per heavy atom. The fraction of sp³-hybridized carbons (Fsp3) is 0.192. The van der Waals surface area contributed by atoms with Gasteiger partial charge in [0.15, 0.2) is 22.5 Å². The van der Waals surface area contributed by atoms with Gasteiger partial charge >= 0.3 is 0 Å². The number of ether oxygens (including phenoxy) is 1. The van der Waals surface area contributed by atoms with E-state index in [1.54, 1.807) is 32.2 Å². The lowest BCUT2D eigenvalue weighted by molar-refractivity contribution is 0.0989. The second-order valence-corrected chi connectivity index (χ2v) is 9.11. The van der Waals surface area contributed by atoms with E-state index >= 15 is 4.39 Å². The summed E-state index contributed by atoms with van der Waals surface area (Å²) in [5.74, 6) is -2.05. The highest BCUT2D eigenvalue weighted by Crippen LogP contribution is 2.33. The molecule has 0 fully saturated rings. The van der Waals surface area contributed by atoms with Gasteiger partial charge in [0, 0.05) is 30.4 Å². The van der Waals surface area contributed by atoms with Crippen LogP contribution in [-0.4, -0.2) is 38.1 Å². The molecule has 0 aliphatic heterocycles. The van der Waals surface area contributed by atoms with Crippen LogP contribution in [0, 0.1) is 11.6 Å². The summed E-state index contributed by atoms with van der Waals surface area (Å²) in [6, 6.07) is 8.37. The minimum Gasteiger partial charge on any atom is -0.488 e. The number of carbonyl (C=O) groups is 1. The summed E-state index contributed by atoms with van der Waals surface area (Å²) in [7, 11) is 0. The molecule has 8 nitrogen and oxygen atoms in total. The van der Waals surface area contributed by atoms with Gasteiger partial charge in [-0.1, -0.05) is 11.8 Å². The van der Waals surface area contributed by atoms with E-state index in [1.165, 1.54) is 36.2 Å². The molecule has 0 saturated carbocycles. The van der Waals surface area contributed by atoms with Crippen LogP contribution in [0.25, 0.3) is 22.5 Å². The van der Waals surface area contributed by atoms with E-state index in [-0.39, 0.29) is 41.2 Å². The number of hydrogen-bond acceptors (Lipinski definition) is 9. The van der Waals surface area contributed by atoms with Crippen LogP contribution in [0.1, 0.15) is 29.9 Å². The number of thioether (sulfide) groups is 1. The van der Waals surface area contributed by atoms with E-state index in [4.69, 9.17) is 16.2 Å². The number of pyridine rings is 2. The number of ketones is 1. The van der Waals surface area contributed by atoms with Crippen molar-refractivity contribution in [2.75, 3.05) is 17.7 Å². The van der Waals surface area contributed by atoms with Gasteiger partial charge < -0.3 is 16.2 Å². The summed E-state index contributed by atoms with van der Waals surface area (Å²) < 4.78 is 35.3. The van der Waals surface area contributed by atoms with Crippen LogP contribution in [-0.2, 0) is 6.42 Å². The molecule has 0 aliphatic carbocycles. The smallest absolute Gasteiger partial charge is 0.189 e. The van der Waals surface area contributed by atoms with Gasteiger partial charge in [-0.3, -0.25) is 9.78 Å². The lowest BCUT2D eigenvalue weighted by Gasteiger charge is -2.14. The number of Topliss-reactive ketones (excluding diaryl/α,β-unsaturated/α-hetero) is 1. The van der Waals surface area contributed by atoms with Crippen molar-refractivity contribution in [2.45, 2.75) is 31.5 Å². The first-order chi connectivity index (χ1) is 17.7. The van der Waals surface area contributed by atoms with Crippen LogP contribution in [0.2, 0.25) is 0 Å². The number of aromatic nitrogens is 4. The van der Waals surface area contributed by atoms with Crippen LogP contribution in [0.5, 0.6) is 5.75 Å². The second kappa shape index (κ2) is 10.9. The van der Waals surface area contributed by atoms with Crippen LogP contribution in [0.4, 0.5) is 20.3 Å².